The number of likely N-dealkylation sites (tertiary alicyclic amines) is 1. The van der Waals surface area contributed by atoms with Crippen LogP contribution in [0.4, 0.5) is 0 Å². The van der Waals surface area contributed by atoms with Crippen LogP contribution in [0.25, 0.3) is 0 Å². The lowest BCUT2D eigenvalue weighted by Gasteiger charge is -2.58. The maximum absolute atomic E-state index is 6.52. The highest BCUT2D eigenvalue weighted by atomic mass is 16.6. The lowest BCUT2D eigenvalue weighted by Crippen LogP contribution is -2.51. The third-order valence-electron chi connectivity index (χ3n) is 17.7. The van der Waals surface area contributed by atoms with Crippen LogP contribution in [0.5, 0.6) is 0 Å². The molecule has 0 aromatic carbocycles. The van der Waals surface area contributed by atoms with Gasteiger partial charge in [-0.3, -0.25) is 4.90 Å². The van der Waals surface area contributed by atoms with Crippen LogP contribution in [-0.2, 0) is 23.7 Å². The van der Waals surface area contributed by atoms with Crippen molar-refractivity contribution in [3.05, 3.63) is 36.0 Å². The maximum atomic E-state index is 6.52. The number of allylic oxidation sites excluding steroid dienone is 5. The van der Waals surface area contributed by atoms with Crippen LogP contribution in [0.3, 0.4) is 0 Å². The Hall–Kier alpha value is -1.02. The second-order valence-corrected chi connectivity index (χ2v) is 22.9. The SMILES string of the molecule is CCCCC/C=C\C/C=C\CCCCCCCCCCOCC(CN1CCC(OC)C1)OCCOCCO[C@H]1CC[C@@]2(C)C(=CC[C@H]3[C@@H]4CC[C@H]([C@H](C)CCCC(C)C)[C@@]4(C)CC[C@@H]32)C1. The van der Waals surface area contributed by atoms with Gasteiger partial charge in [-0.2, -0.15) is 0 Å². The summed E-state index contributed by atoms with van der Waals surface area (Å²) >= 11 is 0. The van der Waals surface area contributed by atoms with Crippen molar-refractivity contribution in [2.75, 3.05) is 66.4 Å². The zero-order valence-corrected chi connectivity index (χ0v) is 43.8. The van der Waals surface area contributed by atoms with Crippen LogP contribution in [0, 0.1) is 46.3 Å². The monoisotopic (exact) mass is 908 g/mol. The molecule has 0 aromatic rings. The summed E-state index contributed by atoms with van der Waals surface area (Å²) in [5.41, 5.74) is 2.66. The molecule has 0 N–H and O–H groups in total. The van der Waals surface area contributed by atoms with E-state index in [1.165, 1.54) is 141 Å². The summed E-state index contributed by atoms with van der Waals surface area (Å²) in [5, 5.41) is 0. The fourth-order valence-corrected chi connectivity index (χ4v) is 13.8. The average Bonchev–Trinajstić information content (AvgIpc) is 3.91. The van der Waals surface area contributed by atoms with Gasteiger partial charge >= 0.3 is 0 Å². The summed E-state index contributed by atoms with van der Waals surface area (Å²) in [6, 6.07) is 0. The summed E-state index contributed by atoms with van der Waals surface area (Å²) in [4.78, 5) is 2.48. The number of hydrogen-bond donors (Lipinski definition) is 0. The largest absolute Gasteiger partial charge is 0.380 e. The van der Waals surface area contributed by atoms with E-state index in [1.807, 2.05) is 7.11 Å². The standard InChI is InChI=1S/C59H105NO5/c1-8-9-10-11-12-13-14-15-16-17-18-19-20-21-22-23-24-25-39-63-47-53(46-60-38-35-52(45-60)61-7)65-43-41-62-40-42-64-51-33-36-58(5)50(44-51)29-30-54-56-32-31-55(49(4)28-26-27-48(2)3)59(56,6)37-34-57(54)58/h12-13,15-16,29,48-49,51-57H,8-11,14,17-28,30-47H2,1-7H3/b13-12-,16-15-/t49-,51+,52?,53?,54+,55-,56+,57+,58+,59-/m1/s1. The van der Waals surface area contributed by atoms with Crippen molar-refractivity contribution in [1.82, 2.24) is 4.90 Å². The highest BCUT2D eigenvalue weighted by molar-refractivity contribution is 5.25. The molecule has 1 aliphatic heterocycles. The highest BCUT2D eigenvalue weighted by Crippen LogP contribution is 2.67. The Kier molecular flexibility index (Phi) is 25.8. The molecule has 3 saturated carbocycles. The van der Waals surface area contributed by atoms with Crippen LogP contribution in [0.1, 0.15) is 208 Å². The molecule has 4 aliphatic carbocycles. The van der Waals surface area contributed by atoms with Gasteiger partial charge in [0.1, 0.15) is 0 Å². The summed E-state index contributed by atoms with van der Waals surface area (Å²) in [6.45, 7) is 21.9. The number of hydrogen-bond acceptors (Lipinski definition) is 6. The zero-order valence-electron chi connectivity index (χ0n) is 43.8. The van der Waals surface area contributed by atoms with Crippen molar-refractivity contribution in [1.29, 1.82) is 0 Å². The van der Waals surface area contributed by atoms with Crippen molar-refractivity contribution in [2.24, 2.45) is 46.3 Å². The molecule has 6 nitrogen and oxygen atoms in total. The number of rotatable bonds is 35. The molecule has 0 spiro atoms. The second kappa shape index (κ2) is 30.6. The summed E-state index contributed by atoms with van der Waals surface area (Å²) in [7, 11) is 1.83. The minimum absolute atomic E-state index is 0.0587. The van der Waals surface area contributed by atoms with Gasteiger partial charge in [-0.1, -0.05) is 148 Å². The minimum Gasteiger partial charge on any atom is -0.380 e. The molecule has 376 valence electrons. The molecule has 65 heavy (non-hydrogen) atoms. The average molecular weight is 908 g/mol. The van der Waals surface area contributed by atoms with E-state index in [4.69, 9.17) is 23.7 Å². The number of unbranched alkanes of at least 4 members (excludes halogenated alkanes) is 11. The molecule has 0 aromatic heterocycles. The molecule has 0 bridgehead atoms. The normalized spacial score (nSPS) is 30.3. The Morgan fingerprint density at radius 3 is 2.18 bits per heavy atom. The van der Waals surface area contributed by atoms with E-state index in [0.717, 1.165) is 87.4 Å². The van der Waals surface area contributed by atoms with Crippen LogP contribution >= 0.6 is 0 Å². The molecule has 5 aliphatic rings. The van der Waals surface area contributed by atoms with Crippen molar-refractivity contribution >= 4 is 0 Å². The highest BCUT2D eigenvalue weighted by Gasteiger charge is 2.59. The van der Waals surface area contributed by atoms with Gasteiger partial charge in [0.15, 0.2) is 0 Å². The molecule has 2 unspecified atom stereocenters. The van der Waals surface area contributed by atoms with Gasteiger partial charge in [0.2, 0.25) is 0 Å². The fraction of sp³-hybridized carbons (Fsp3) is 0.898. The summed E-state index contributed by atoms with van der Waals surface area (Å²) in [5.74, 6) is 5.34. The molecule has 5 rings (SSSR count). The number of methoxy groups -OCH3 is 1. The van der Waals surface area contributed by atoms with E-state index < -0.39 is 0 Å². The van der Waals surface area contributed by atoms with Crippen LogP contribution in [0.2, 0.25) is 0 Å². The third kappa shape index (κ3) is 18.0. The van der Waals surface area contributed by atoms with Crippen molar-refractivity contribution in [2.45, 2.75) is 227 Å². The predicted molar refractivity (Wildman–Crippen MR) is 275 cm³/mol. The van der Waals surface area contributed by atoms with Gasteiger partial charge in [0.25, 0.3) is 0 Å². The van der Waals surface area contributed by atoms with Gasteiger partial charge in [-0.25, -0.2) is 0 Å². The van der Waals surface area contributed by atoms with Crippen molar-refractivity contribution in [3.8, 4) is 0 Å². The summed E-state index contributed by atoms with van der Waals surface area (Å²) in [6.07, 6.45) is 47.0. The first kappa shape index (κ1) is 54.9. The van der Waals surface area contributed by atoms with E-state index in [2.05, 4.69) is 76.8 Å². The molecular formula is C59H105NO5. The summed E-state index contributed by atoms with van der Waals surface area (Å²) < 4.78 is 30.9. The van der Waals surface area contributed by atoms with E-state index >= 15 is 0 Å². The lowest BCUT2D eigenvalue weighted by atomic mass is 9.47. The van der Waals surface area contributed by atoms with Gasteiger partial charge in [0.05, 0.1) is 51.3 Å². The quantitative estimate of drug-likeness (QED) is 0.0466. The zero-order chi connectivity index (χ0) is 46.2. The Morgan fingerprint density at radius 1 is 0.708 bits per heavy atom. The maximum Gasteiger partial charge on any atom is 0.0936 e. The predicted octanol–water partition coefficient (Wildman–Crippen LogP) is 15.1. The Labute approximate surface area is 402 Å². The molecule has 0 amide bonds. The molecule has 4 fully saturated rings. The van der Waals surface area contributed by atoms with Gasteiger partial charge < -0.3 is 23.7 Å². The number of fused-ring (bicyclic) bond motifs is 5. The van der Waals surface area contributed by atoms with Crippen molar-refractivity contribution < 1.29 is 23.7 Å². The second-order valence-electron chi connectivity index (χ2n) is 22.9. The molecule has 1 saturated heterocycles. The molecule has 0 radical (unpaired) electrons. The topological polar surface area (TPSA) is 49.4 Å². The number of ether oxygens (including phenoxy) is 5. The smallest absolute Gasteiger partial charge is 0.0936 e. The van der Waals surface area contributed by atoms with E-state index in [0.29, 0.717) is 56.1 Å². The first-order chi connectivity index (χ1) is 31.7. The molecular weight excluding hydrogens is 803 g/mol. The molecule has 6 heteroatoms. The first-order valence-electron chi connectivity index (χ1n) is 28.3. The molecule has 10 atom stereocenters. The first-order valence-corrected chi connectivity index (χ1v) is 28.3. The third-order valence-corrected chi connectivity index (χ3v) is 17.7. The van der Waals surface area contributed by atoms with E-state index in [9.17, 15) is 0 Å². The van der Waals surface area contributed by atoms with Gasteiger partial charge in [-0.15, -0.1) is 0 Å². The Bertz CT molecular complexity index is 1350. The number of nitrogens with zero attached hydrogens (tertiary/aromatic N) is 1. The van der Waals surface area contributed by atoms with Crippen LogP contribution in [-0.4, -0.2) is 89.6 Å². The van der Waals surface area contributed by atoms with Crippen LogP contribution in [0.15, 0.2) is 36.0 Å². The molecule has 1 heterocycles. The van der Waals surface area contributed by atoms with Gasteiger partial charge in [-0.05, 0) is 143 Å². The Morgan fingerprint density at radius 2 is 1.45 bits per heavy atom. The minimum atomic E-state index is 0.0587. The lowest BCUT2D eigenvalue weighted by molar-refractivity contribution is -0.0732. The van der Waals surface area contributed by atoms with Gasteiger partial charge in [0, 0.05) is 33.4 Å². The fourth-order valence-electron chi connectivity index (χ4n) is 13.8. The van der Waals surface area contributed by atoms with E-state index in [1.54, 1.807) is 5.57 Å². The van der Waals surface area contributed by atoms with Crippen molar-refractivity contribution in [3.63, 3.8) is 0 Å². The van der Waals surface area contributed by atoms with E-state index in [-0.39, 0.29) is 6.10 Å². The van der Waals surface area contributed by atoms with Crippen LogP contribution < -0.4 is 0 Å². The Balaban J connectivity index is 0.903.